The van der Waals surface area contributed by atoms with E-state index >= 15 is 0 Å². The molecule has 1 aliphatic carbocycles. The third-order valence-corrected chi connectivity index (χ3v) is 4.46. The number of carbonyl (C=O) groups excluding carboxylic acids is 1. The van der Waals surface area contributed by atoms with Crippen LogP contribution in [0, 0.1) is 0 Å². The van der Waals surface area contributed by atoms with Gasteiger partial charge in [-0.2, -0.15) is 18.3 Å². The van der Waals surface area contributed by atoms with Crippen molar-refractivity contribution in [3.8, 4) is 5.69 Å². The summed E-state index contributed by atoms with van der Waals surface area (Å²) in [6.45, 7) is 0.182. The predicted octanol–water partition coefficient (Wildman–Crippen LogP) is 4.89. The van der Waals surface area contributed by atoms with Gasteiger partial charge in [0.15, 0.2) is 5.69 Å². The Bertz CT molecular complexity index is 934. The number of benzene rings is 1. The first-order valence-corrected chi connectivity index (χ1v) is 8.85. The van der Waals surface area contributed by atoms with Gasteiger partial charge >= 0.3 is 6.18 Å². The Morgan fingerprint density at radius 1 is 1.32 bits per heavy atom. The van der Waals surface area contributed by atoms with E-state index in [2.05, 4.69) is 10.4 Å². The molecule has 0 radical (unpaired) electrons. The molecule has 0 bridgehead atoms. The van der Waals surface area contributed by atoms with Gasteiger partial charge in [-0.3, -0.25) is 4.79 Å². The Morgan fingerprint density at radius 3 is 2.71 bits per heavy atom. The van der Waals surface area contributed by atoms with Crippen LogP contribution in [0.4, 0.5) is 17.6 Å². The topological polar surface area (TPSA) is 46.9 Å². The normalized spacial score (nSPS) is 16.8. The highest BCUT2D eigenvalue weighted by Gasteiger charge is 2.36. The lowest BCUT2D eigenvalue weighted by Crippen LogP contribution is -2.27. The van der Waals surface area contributed by atoms with Crippen LogP contribution in [0.5, 0.6) is 0 Å². The molecule has 0 spiro atoms. The number of para-hydroxylation sites is 1. The molecular formula is C19H16ClF4N3O. The van der Waals surface area contributed by atoms with E-state index in [1.165, 1.54) is 18.2 Å². The highest BCUT2D eigenvalue weighted by atomic mass is 35.5. The minimum absolute atomic E-state index is 0.159. The van der Waals surface area contributed by atoms with Crippen molar-refractivity contribution in [1.82, 2.24) is 15.1 Å². The summed E-state index contributed by atoms with van der Waals surface area (Å²) in [7, 11) is 0. The highest BCUT2D eigenvalue weighted by Crippen LogP contribution is 2.31. The molecule has 2 aromatic rings. The van der Waals surface area contributed by atoms with Gasteiger partial charge in [0.2, 0.25) is 0 Å². The lowest BCUT2D eigenvalue weighted by molar-refractivity contribution is -0.141. The largest absolute Gasteiger partial charge is 0.435 e. The molecule has 9 heteroatoms. The predicted molar refractivity (Wildman–Crippen MR) is 97.3 cm³/mol. The van der Waals surface area contributed by atoms with Gasteiger partial charge in [0.05, 0.1) is 10.7 Å². The number of aromatic nitrogens is 2. The van der Waals surface area contributed by atoms with Crippen molar-refractivity contribution >= 4 is 17.5 Å². The Balaban J connectivity index is 1.80. The van der Waals surface area contributed by atoms with Gasteiger partial charge in [0.25, 0.3) is 5.91 Å². The number of nitrogens with one attached hydrogen (secondary N) is 1. The molecule has 1 heterocycles. The van der Waals surface area contributed by atoms with Crippen molar-refractivity contribution in [2.75, 3.05) is 6.54 Å². The van der Waals surface area contributed by atoms with E-state index in [-0.39, 0.29) is 29.4 Å². The number of amides is 1. The van der Waals surface area contributed by atoms with Gasteiger partial charge in [-0.25, -0.2) is 9.07 Å². The average Bonchev–Trinajstić information content (AvgIpc) is 3.09. The minimum Gasteiger partial charge on any atom is -0.350 e. The number of allylic oxidation sites excluding steroid dienone is 3. The van der Waals surface area contributed by atoms with Crippen molar-refractivity contribution in [3.63, 3.8) is 0 Å². The van der Waals surface area contributed by atoms with Gasteiger partial charge < -0.3 is 5.32 Å². The van der Waals surface area contributed by atoms with Gasteiger partial charge in [0.1, 0.15) is 11.9 Å². The van der Waals surface area contributed by atoms with Crippen molar-refractivity contribution in [1.29, 1.82) is 0 Å². The number of alkyl halides is 4. The summed E-state index contributed by atoms with van der Waals surface area (Å²) in [5, 5.41) is 6.25. The van der Waals surface area contributed by atoms with Crippen molar-refractivity contribution in [2.45, 2.75) is 25.2 Å². The van der Waals surface area contributed by atoms with Crippen molar-refractivity contribution in [2.24, 2.45) is 0 Å². The Kier molecular flexibility index (Phi) is 5.88. The van der Waals surface area contributed by atoms with Crippen LogP contribution in [0.25, 0.3) is 5.69 Å². The van der Waals surface area contributed by atoms with Crippen LogP contribution in [0.2, 0.25) is 5.02 Å². The van der Waals surface area contributed by atoms with Gasteiger partial charge in [-0.05, 0) is 18.6 Å². The van der Waals surface area contributed by atoms with Crippen LogP contribution in [-0.4, -0.2) is 28.4 Å². The van der Waals surface area contributed by atoms with E-state index in [0.29, 0.717) is 12.5 Å². The van der Waals surface area contributed by atoms with Gasteiger partial charge in [-0.15, -0.1) is 0 Å². The molecule has 148 valence electrons. The van der Waals surface area contributed by atoms with E-state index in [1.54, 1.807) is 24.3 Å². The minimum atomic E-state index is -4.71. The third-order valence-electron chi connectivity index (χ3n) is 4.14. The zero-order chi connectivity index (χ0) is 20.3. The highest BCUT2D eigenvalue weighted by molar-refractivity contribution is 6.32. The lowest BCUT2D eigenvalue weighted by Gasteiger charge is -2.11. The maximum atomic E-state index is 13.1. The molecule has 1 aromatic heterocycles. The summed E-state index contributed by atoms with van der Waals surface area (Å²) in [5.74, 6) is -0.716. The summed E-state index contributed by atoms with van der Waals surface area (Å²) in [6, 6.07) is 6.85. The quantitative estimate of drug-likeness (QED) is 0.709. The Hall–Kier alpha value is -2.61. The molecule has 0 fully saturated rings. The number of hydrogen-bond donors (Lipinski definition) is 1. The van der Waals surface area contributed by atoms with Crippen LogP contribution < -0.4 is 5.32 Å². The van der Waals surface area contributed by atoms with Crippen LogP contribution in [0.3, 0.4) is 0 Å². The SMILES string of the molecule is O=C(NCCC1=CCC(F)C=C1)c1cc(C(F)(F)F)nn1-c1ccccc1Cl. The fourth-order valence-corrected chi connectivity index (χ4v) is 2.94. The standard InChI is InChI=1S/C19H16ClF4N3O/c20-14-3-1-2-4-15(14)27-16(11-17(26-27)19(22,23)24)18(28)25-10-9-12-5-7-13(21)8-6-12/h1-7,11,13H,8-10H2,(H,25,28). The molecule has 1 unspecified atom stereocenters. The monoisotopic (exact) mass is 413 g/mol. The zero-order valence-electron chi connectivity index (χ0n) is 14.5. The third kappa shape index (κ3) is 4.62. The fourth-order valence-electron chi connectivity index (χ4n) is 2.72. The van der Waals surface area contributed by atoms with E-state index in [1.807, 2.05) is 0 Å². The Morgan fingerprint density at radius 2 is 2.07 bits per heavy atom. The van der Waals surface area contributed by atoms with E-state index < -0.39 is 23.9 Å². The summed E-state index contributed by atoms with van der Waals surface area (Å²) in [4.78, 5) is 12.5. The molecule has 1 aliphatic rings. The molecule has 0 saturated heterocycles. The molecule has 3 rings (SSSR count). The van der Waals surface area contributed by atoms with Crippen molar-refractivity contribution in [3.05, 3.63) is 70.5 Å². The summed E-state index contributed by atoms with van der Waals surface area (Å²) in [5.41, 5.74) is -0.455. The maximum absolute atomic E-state index is 13.1. The molecule has 1 atom stereocenters. The first-order chi connectivity index (χ1) is 13.3. The molecule has 1 amide bonds. The smallest absolute Gasteiger partial charge is 0.350 e. The second-order valence-corrected chi connectivity index (χ2v) is 6.58. The zero-order valence-corrected chi connectivity index (χ0v) is 15.3. The molecule has 4 nitrogen and oxygen atoms in total. The average molecular weight is 414 g/mol. The Labute approximate surface area is 163 Å². The van der Waals surface area contributed by atoms with Crippen LogP contribution in [-0.2, 0) is 6.18 Å². The second kappa shape index (κ2) is 8.18. The number of hydrogen-bond acceptors (Lipinski definition) is 2. The van der Waals surface area contributed by atoms with E-state index in [9.17, 15) is 22.4 Å². The summed E-state index contributed by atoms with van der Waals surface area (Å²) in [6.07, 6.45) is -0.219. The molecule has 0 aliphatic heterocycles. The van der Waals surface area contributed by atoms with Crippen LogP contribution in [0.1, 0.15) is 29.0 Å². The summed E-state index contributed by atoms with van der Waals surface area (Å²) >= 11 is 6.06. The first-order valence-electron chi connectivity index (χ1n) is 8.47. The van der Waals surface area contributed by atoms with Crippen molar-refractivity contribution < 1.29 is 22.4 Å². The number of rotatable bonds is 5. The van der Waals surface area contributed by atoms with Crippen LogP contribution >= 0.6 is 11.6 Å². The maximum Gasteiger partial charge on any atom is 0.435 e. The van der Waals surface area contributed by atoms with Gasteiger partial charge in [-0.1, -0.05) is 47.5 Å². The number of halogens is 5. The van der Waals surface area contributed by atoms with E-state index in [0.717, 1.165) is 10.3 Å². The molecule has 28 heavy (non-hydrogen) atoms. The number of carbonyl (C=O) groups is 1. The molecule has 0 saturated carbocycles. The first kappa shape index (κ1) is 20.1. The second-order valence-electron chi connectivity index (χ2n) is 6.17. The lowest BCUT2D eigenvalue weighted by atomic mass is 10.0. The molecule has 1 aromatic carbocycles. The van der Waals surface area contributed by atoms with E-state index in [4.69, 9.17) is 11.6 Å². The fraction of sp³-hybridized carbons (Fsp3) is 0.263. The van der Waals surface area contributed by atoms with Crippen LogP contribution in [0.15, 0.2) is 54.1 Å². The van der Waals surface area contributed by atoms with Gasteiger partial charge in [0, 0.05) is 19.0 Å². The summed E-state index contributed by atoms with van der Waals surface area (Å²) < 4.78 is 53.2. The number of nitrogens with zero attached hydrogens (tertiary/aromatic N) is 2. The molecular weight excluding hydrogens is 398 g/mol. The molecule has 1 N–H and O–H groups in total.